The molecule has 0 unspecified atom stereocenters. The van der Waals surface area contributed by atoms with Crippen LogP contribution in [0, 0.1) is 0 Å². The van der Waals surface area contributed by atoms with Crippen molar-refractivity contribution >= 4 is 11.7 Å². The van der Waals surface area contributed by atoms with Crippen molar-refractivity contribution in [2.45, 2.75) is 103 Å². The van der Waals surface area contributed by atoms with E-state index in [4.69, 9.17) is 0 Å². The summed E-state index contributed by atoms with van der Waals surface area (Å²) in [7, 11) is 0. The SMILES string of the molecule is C(CCCCCCC1=NCCCCN1)CCCCCC1=NCCCCN1. The third-order valence-electron chi connectivity index (χ3n) is 5.51. The number of nitrogens with one attached hydrogen (secondary N) is 2. The Morgan fingerprint density at radius 3 is 1.31 bits per heavy atom. The molecule has 0 aliphatic carbocycles. The molecular weight excluding hydrogens is 320 g/mol. The molecule has 2 N–H and O–H groups in total. The number of rotatable bonds is 13. The van der Waals surface area contributed by atoms with Crippen LogP contribution in [0.5, 0.6) is 0 Å². The monoisotopic (exact) mass is 362 g/mol. The van der Waals surface area contributed by atoms with Gasteiger partial charge in [-0.05, 0) is 38.5 Å². The predicted octanol–water partition coefficient (Wildman–Crippen LogP) is 5.23. The Bertz CT molecular complexity index is 365. The molecule has 0 saturated carbocycles. The molecule has 2 heterocycles. The molecule has 0 aromatic carbocycles. The molecule has 2 aliphatic rings. The van der Waals surface area contributed by atoms with Crippen LogP contribution >= 0.6 is 0 Å². The lowest BCUT2D eigenvalue weighted by molar-refractivity contribution is 0.555. The highest BCUT2D eigenvalue weighted by Gasteiger charge is 2.03. The summed E-state index contributed by atoms with van der Waals surface area (Å²) in [5.74, 6) is 2.54. The van der Waals surface area contributed by atoms with E-state index >= 15 is 0 Å². The van der Waals surface area contributed by atoms with Crippen molar-refractivity contribution in [1.29, 1.82) is 0 Å². The molecule has 26 heavy (non-hydrogen) atoms. The highest BCUT2D eigenvalue weighted by Crippen LogP contribution is 2.13. The maximum Gasteiger partial charge on any atom is 0.0963 e. The van der Waals surface area contributed by atoms with Crippen molar-refractivity contribution in [2.24, 2.45) is 9.98 Å². The van der Waals surface area contributed by atoms with E-state index in [-0.39, 0.29) is 0 Å². The minimum atomic E-state index is 1.03. The number of nitrogens with zero attached hydrogens (tertiary/aromatic N) is 2. The first-order chi connectivity index (χ1) is 12.9. The van der Waals surface area contributed by atoms with E-state index in [0.29, 0.717) is 0 Å². The minimum absolute atomic E-state index is 1.03. The average Bonchev–Trinajstić information content (AvgIpc) is 3.07. The van der Waals surface area contributed by atoms with Crippen LogP contribution in [0.15, 0.2) is 9.98 Å². The largest absolute Gasteiger partial charge is 0.374 e. The zero-order valence-corrected chi connectivity index (χ0v) is 17.0. The Morgan fingerprint density at radius 1 is 0.500 bits per heavy atom. The van der Waals surface area contributed by atoms with Gasteiger partial charge in [-0.3, -0.25) is 9.98 Å². The van der Waals surface area contributed by atoms with Crippen LogP contribution in [0.25, 0.3) is 0 Å². The van der Waals surface area contributed by atoms with Crippen LogP contribution in [0.3, 0.4) is 0 Å². The number of aliphatic imine (C=N–C) groups is 2. The number of hydrogen-bond donors (Lipinski definition) is 2. The second-order valence-electron chi connectivity index (χ2n) is 7.96. The summed E-state index contributed by atoms with van der Waals surface area (Å²) in [6.07, 6.45) is 21.2. The highest BCUT2D eigenvalue weighted by molar-refractivity contribution is 5.82. The van der Waals surface area contributed by atoms with E-state index in [2.05, 4.69) is 20.6 Å². The van der Waals surface area contributed by atoms with Crippen LogP contribution in [0.4, 0.5) is 0 Å². The van der Waals surface area contributed by atoms with Gasteiger partial charge < -0.3 is 10.6 Å². The van der Waals surface area contributed by atoms with E-state index in [1.54, 1.807) is 0 Å². The zero-order valence-electron chi connectivity index (χ0n) is 17.0. The average molecular weight is 363 g/mol. The second-order valence-corrected chi connectivity index (χ2v) is 7.96. The topological polar surface area (TPSA) is 48.8 Å². The fourth-order valence-electron chi connectivity index (χ4n) is 3.81. The maximum absolute atomic E-state index is 4.63. The van der Waals surface area contributed by atoms with E-state index in [9.17, 15) is 0 Å². The van der Waals surface area contributed by atoms with Crippen molar-refractivity contribution in [2.75, 3.05) is 26.2 Å². The summed E-state index contributed by atoms with van der Waals surface area (Å²) in [6, 6.07) is 0. The van der Waals surface area contributed by atoms with Gasteiger partial charge in [0.1, 0.15) is 0 Å². The second kappa shape index (κ2) is 15.0. The Labute approximate surface area is 161 Å². The lowest BCUT2D eigenvalue weighted by Gasteiger charge is -2.07. The summed E-state index contributed by atoms with van der Waals surface area (Å²) in [5, 5.41) is 6.96. The fourth-order valence-corrected chi connectivity index (χ4v) is 3.81. The van der Waals surface area contributed by atoms with E-state index in [1.165, 1.54) is 114 Å². The van der Waals surface area contributed by atoms with Crippen molar-refractivity contribution < 1.29 is 0 Å². The van der Waals surface area contributed by atoms with Gasteiger partial charge in [-0.25, -0.2) is 0 Å². The molecule has 2 aliphatic heterocycles. The Morgan fingerprint density at radius 2 is 0.885 bits per heavy atom. The van der Waals surface area contributed by atoms with Gasteiger partial charge in [0.05, 0.1) is 11.7 Å². The molecule has 0 aromatic heterocycles. The van der Waals surface area contributed by atoms with Gasteiger partial charge >= 0.3 is 0 Å². The molecule has 0 amide bonds. The van der Waals surface area contributed by atoms with E-state index < -0.39 is 0 Å². The van der Waals surface area contributed by atoms with E-state index in [0.717, 1.165) is 26.2 Å². The van der Waals surface area contributed by atoms with Crippen LogP contribution in [0.1, 0.15) is 103 Å². The van der Waals surface area contributed by atoms with Crippen molar-refractivity contribution in [3.05, 3.63) is 0 Å². The Hall–Kier alpha value is -1.06. The van der Waals surface area contributed by atoms with E-state index in [1.807, 2.05) is 0 Å². The van der Waals surface area contributed by atoms with Crippen LogP contribution in [-0.4, -0.2) is 37.9 Å². The molecule has 2 rings (SSSR count). The predicted molar refractivity (Wildman–Crippen MR) is 114 cm³/mol. The first-order valence-electron chi connectivity index (χ1n) is 11.5. The zero-order chi connectivity index (χ0) is 18.1. The standard InChI is InChI=1S/C22H42N4/c1(3-5-7-9-15-21-23-17-11-12-18-24-21)2-4-6-8-10-16-22-25-19-13-14-20-26-22/h1-20H2,(H,23,24)(H,25,26). The molecular formula is C22H42N4. The summed E-state index contributed by atoms with van der Waals surface area (Å²) in [6.45, 7) is 4.33. The van der Waals surface area contributed by atoms with Gasteiger partial charge in [0.2, 0.25) is 0 Å². The third-order valence-corrected chi connectivity index (χ3v) is 5.51. The van der Waals surface area contributed by atoms with Crippen molar-refractivity contribution in [1.82, 2.24) is 10.6 Å². The molecule has 4 nitrogen and oxygen atoms in total. The van der Waals surface area contributed by atoms with Gasteiger partial charge in [-0.1, -0.05) is 51.4 Å². The summed E-state index contributed by atoms with van der Waals surface area (Å²) < 4.78 is 0. The van der Waals surface area contributed by atoms with Crippen molar-refractivity contribution in [3.63, 3.8) is 0 Å². The first kappa shape index (κ1) is 21.2. The molecule has 0 radical (unpaired) electrons. The summed E-state index contributed by atoms with van der Waals surface area (Å²) >= 11 is 0. The Balaban J connectivity index is 1.31. The maximum atomic E-state index is 4.63. The molecule has 0 bridgehead atoms. The molecule has 0 spiro atoms. The lowest BCUT2D eigenvalue weighted by atomic mass is 10.0. The Kier molecular flexibility index (Phi) is 12.3. The van der Waals surface area contributed by atoms with Crippen LogP contribution < -0.4 is 10.6 Å². The number of hydrogen-bond acceptors (Lipinski definition) is 4. The minimum Gasteiger partial charge on any atom is -0.374 e. The van der Waals surface area contributed by atoms with Crippen LogP contribution in [0.2, 0.25) is 0 Å². The summed E-state index contributed by atoms with van der Waals surface area (Å²) in [4.78, 5) is 9.27. The quantitative estimate of drug-likeness (QED) is 0.441. The molecule has 0 aromatic rings. The fraction of sp³-hybridized carbons (Fsp3) is 0.909. The molecule has 0 saturated heterocycles. The van der Waals surface area contributed by atoms with Crippen LogP contribution in [-0.2, 0) is 0 Å². The first-order valence-corrected chi connectivity index (χ1v) is 11.5. The normalized spacial score (nSPS) is 18.2. The van der Waals surface area contributed by atoms with Gasteiger partial charge in [-0.15, -0.1) is 0 Å². The molecule has 0 atom stereocenters. The smallest absolute Gasteiger partial charge is 0.0963 e. The molecule has 4 heteroatoms. The highest BCUT2D eigenvalue weighted by atomic mass is 15.0. The van der Waals surface area contributed by atoms with Gasteiger partial charge in [0, 0.05) is 39.0 Å². The van der Waals surface area contributed by atoms with Gasteiger partial charge in [-0.2, -0.15) is 0 Å². The molecule has 150 valence electrons. The van der Waals surface area contributed by atoms with Gasteiger partial charge in [0.25, 0.3) is 0 Å². The number of unbranched alkanes of at least 4 members (excludes halogenated alkanes) is 9. The van der Waals surface area contributed by atoms with Gasteiger partial charge in [0.15, 0.2) is 0 Å². The lowest BCUT2D eigenvalue weighted by Crippen LogP contribution is -2.22. The number of amidine groups is 2. The molecule has 0 fully saturated rings. The van der Waals surface area contributed by atoms with Crippen molar-refractivity contribution in [3.8, 4) is 0 Å². The summed E-state index contributed by atoms with van der Waals surface area (Å²) in [5.41, 5.74) is 0. The third kappa shape index (κ3) is 10.8.